The Morgan fingerprint density at radius 3 is 2.75 bits per heavy atom. The summed E-state index contributed by atoms with van der Waals surface area (Å²) >= 11 is 0. The van der Waals surface area contributed by atoms with Crippen molar-refractivity contribution in [1.29, 1.82) is 0 Å². The molecule has 0 unspecified atom stereocenters. The van der Waals surface area contributed by atoms with Gasteiger partial charge in [0.2, 0.25) is 0 Å². The van der Waals surface area contributed by atoms with Gasteiger partial charge in [0.25, 0.3) is 17.0 Å². The summed E-state index contributed by atoms with van der Waals surface area (Å²) in [5.41, 5.74) is 1.15. The van der Waals surface area contributed by atoms with Crippen LogP contribution in [0.1, 0.15) is 16.1 Å². The summed E-state index contributed by atoms with van der Waals surface area (Å²) in [6.45, 7) is 2.39. The van der Waals surface area contributed by atoms with Crippen molar-refractivity contribution in [2.45, 2.75) is 13.5 Å². The molecule has 122 valence electrons. The highest BCUT2D eigenvalue weighted by Crippen LogP contribution is 2.12. The van der Waals surface area contributed by atoms with E-state index in [9.17, 15) is 14.4 Å². The molecule has 2 aromatic heterocycles. The number of rotatable bonds is 4. The lowest BCUT2D eigenvalue weighted by atomic mass is 10.1. The normalized spacial score (nSPS) is 10.7. The molecule has 24 heavy (non-hydrogen) atoms. The Morgan fingerprint density at radius 2 is 2.00 bits per heavy atom. The Hall–Kier alpha value is -3.22. The third kappa shape index (κ3) is 3.10. The Balaban J connectivity index is 1.77. The lowest BCUT2D eigenvalue weighted by molar-refractivity contribution is 0.0946. The maximum absolute atomic E-state index is 12.4. The average molecular weight is 324 g/mol. The second-order valence-corrected chi connectivity index (χ2v) is 5.41. The maximum Gasteiger partial charge on any atom is 0.271 e. The molecule has 7 nitrogen and oxygen atoms in total. The molecule has 0 bridgehead atoms. The Morgan fingerprint density at radius 1 is 1.21 bits per heavy atom. The number of H-pyrrole nitrogens is 1. The number of aryl methyl sites for hydroxylation is 1. The first-order chi connectivity index (χ1) is 11.6. The number of para-hydroxylation sites is 1. The third-order valence-corrected chi connectivity index (χ3v) is 3.71. The molecule has 1 amide bonds. The molecule has 0 fully saturated rings. The predicted molar refractivity (Wildman–Crippen MR) is 90.1 cm³/mol. The van der Waals surface area contributed by atoms with Crippen molar-refractivity contribution >= 4 is 16.8 Å². The highest BCUT2D eigenvalue weighted by Gasteiger charge is 2.09. The number of fused-ring (bicyclic) bond motifs is 1. The average Bonchev–Trinajstić information content (AvgIpc) is 2.58. The van der Waals surface area contributed by atoms with Crippen molar-refractivity contribution in [1.82, 2.24) is 20.1 Å². The van der Waals surface area contributed by atoms with Gasteiger partial charge in [-0.25, -0.2) is 5.10 Å². The van der Waals surface area contributed by atoms with Crippen molar-refractivity contribution in [3.63, 3.8) is 0 Å². The standard InChI is InChI=1S/C17H16N4O3/c1-11-10-12-4-2-3-5-14(12)21(17(11)24)9-8-18-16(23)13-6-7-15(22)20-19-13/h2-7,10H,8-9H2,1H3,(H,18,23)(H,20,22). The molecule has 0 saturated carbocycles. The van der Waals surface area contributed by atoms with Crippen molar-refractivity contribution in [2.75, 3.05) is 6.54 Å². The van der Waals surface area contributed by atoms with E-state index in [1.165, 1.54) is 12.1 Å². The first-order valence-corrected chi connectivity index (χ1v) is 7.49. The number of carbonyl (C=O) groups is 1. The largest absolute Gasteiger partial charge is 0.349 e. The van der Waals surface area contributed by atoms with E-state index in [4.69, 9.17) is 0 Å². The molecular weight excluding hydrogens is 308 g/mol. The van der Waals surface area contributed by atoms with Gasteiger partial charge in [0, 0.05) is 24.7 Å². The van der Waals surface area contributed by atoms with E-state index in [0.29, 0.717) is 12.1 Å². The van der Waals surface area contributed by atoms with Gasteiger partial charge < -0.3 is 9.88 Å². The van der Waals surface area contributed by atoms with E-state index >= 15 is 0 Å². The number of aromatic nitrogens is 3. The SMILES string of the molecule is Cc1cc2ccccc2n(CCNC(=O)c2ccc(=O)[nH]n2)c1=O. The van der Waals surface area contributed by atoms with Gasteiger partial charge in [-0.05, 0) is 30.5 Å². The van der Waals surface area contributed by atoms with Crippen LogP contribution in [-0.2, 0) is 6.54 Å². The maximum atomic E-state index is 12.4. The van der Waals surface area contributed by atoms with E-state index in [-0.39, 0.29) is 23.4 Å². The van der Waals surface area contributed by atoms with Gasteiger partial charge in [-0.1, -0.05) is 18.2 Å². The minimum atomic E-state index is -0.406. The number of nitrogens with one attached hydrogen (secondary N) is 2. The molecule has 0 aliphatic rings. The number of hydrogen-bond donors (Lipinski definition) is 2. The summed E-state index contributed by atoms with van der Waals surface area (Å²) < 4.78 is 1.64. The van der Waals surface area contributed by atoms with E-state index in [1.54, 1.807) is 11.5 Å². The number of aromatic amines is 1. The van der Waals surface area contributed by atoms with Crippen molar-refractivity contribution in [3.05, 3.63) is 74.4 Å². The summed E-state index contributed by atoms with van der Waals surface area (Å²) in [6.07, 6.45) is 0. The van der Waals surface area contributed by atoms with Gasteiger partial charge in [-0.2, -0.15) is 5.10 Å². The van der Waals surface area contributed by atoms with E-state index in [2.05, 4.69) is 15.5 Å². The third-order valence-electron chi connectivity index (χ3n) is 3.71. The minimum Gasteiger partial charge on any atom is -0.349 e. The van der Waals surface area contributed by atoms with Gasteiger partial charge in [-0.3, -0.25) is 14.4 Å². The van der Waals surface area contributed by atoms with E-state index in [0.717, 1.165) is 10.9 Å². The number of hydrogen-bond acceptors (Lipinski definition) is 4. The van der Waals surface area contributed by atoms with Crippen LogP contribution in [0.5, 0.6) is 0 Å². The van der Waals surface area contributed by atoms with E-state index < -0.39 is 5.91 Å². The molecule has 3 rings (SSSR count). The fourth-order valence-electron chi connectivity index (χ4n) is 2.54. The zero-order chi connectivity index (χ0) is 17.1. The van der Waals surface area contributed by atoms with Crippen LogP contribution in [0.3, 0.4) is 0 Å². The number of pyridine rings is 1. The summed E-state index contributed by atoms with van der Waals surface area (Å²) in [6, 6.07) is 12.1. The van der Waals surface area contributed by atoms with Crippen molar-refractivity contribution in [2.24, 2.45) is 0 Å². The number of carbonyl (C=O) groups excluding carboxylic acids is 1. The molecule has 0 aliphatic carbocycles. The van der Waals surface area contributed by atoms with Crippen LogP contribution in [0, 0.1) is 6.92 Å². The Kier molecular flexibility index (Phi) is 4.24. The highest BCUT2D eigenvalue weighted by molar-refractivity contribution is 5.91. The smallest absolute Gasteiger partial charge is 0.271 e. The Bertz CT molecular complexity index is 1000. The van der Waals surface area contributed by atoms with Gasteiger partial charge in [0.1, 0.15) is 5.69 Å². The molecule has 0 atom stereocenters. The van der Waals surface area contributed by atoms with Gasteiger partial charge >= 0.3 is 0 Å². The Labute approximate surface area is 137 Å². The van der Waals surface area contributed by atoms with Gasteiger partial charge in [0.15, 0.2) is 0 Å². The quantitative estimate of drug-likeness (QED) is 0.742. The van der Waals surface area contributed by atoms with Gasteiger partial charge in [0.05, 0.1) is 5.52 Å². The van der Waals surface area contributed by atoms with Crippen LogP contribution >= 0.6 is 0 Å². The summed E-state index contributed by atoms with van der Waals surface area (Å²) in [5, 5.41) is 9.55. The van der Waals surface area contributed by atoms with Crippen LogP contribution in [0.25, 0.3) is 10.9 Å². The zero-order valence-corrected chi connectivity index (χ0v) is 13.1. The van der Waals surface area contributed by atoms with Crippen LogP contribution in [0.15, 0.2) is 52.1 Å². The van der Waals surface area contributed by atoms with Gasteiger partial charge in [-0.15, -0.1) is 0 Å². The summed E-state index contributed by atoms with van der Waals surface area (Å²) in [7, 11) is 0. The van der Waals surface area contributed by atoms with E-state index in [1.807, 2.05) is 30.3 Å². The molecule has 0 saturated heterocycles. The monoisotopic (exact) mass is 324 g/mol. The second kappa shape index (κ2) is 6.49. The number of amides is 1. The first kappa shape index (κ1) is 15.7. The fourth-order valence-corrected chi connectivity index (χ4v) is 2.54. The number of benzene rings is 1. The second-order valence-electron chi connectivity index (χ2n) is 5.41. The molecular formula is C17H16N4O3. The predicted octanol–water partition coefficient (Wildman–Crippen LogP) is 0.823. The lowest BCUT2D eigenvalue weighted by Crippen LogP contribution is -2.32. The molecule has 2 heterocycles. The molecule has 3 aromatic rings. The zero-order valence-electron chi connectivity index (χ0n) is 13.1. The van der Waals surface area contributed by atoms with Crippen LogP contribution < -0.4 is 16.4 Å². The van der Waals surface area contributed by atoms with Crippen LogP contribution in [0.2, 0.25) is 0 Å². The molecule has 0 spiro atoms. The molecule has 1 aromatic carbocycles. The molecule has 7 heteroatoms. The van der Waals surface area contributed by atoms with Crippen LogP contribution in [0.4, 0.5) is 0 Å². The lowest BCUT2D eigenvalue weighted by Gasteiger charge is -2.12. The number of nitrogens with zero attached hydrogens (tertiary/aromatic N) is 2. The topological polar surface area (TPSA) is 96.8 Å². The van der Waals surface area contributed by atoms with Crippen molar-refractivity contribution < 1.29 is 4.79 Å². The first-order valence-electron chi connectivity index (χ1n) is 7.49. The van der Waals surface area contributed by atoms with Crippen molar-refractivity contribution in [3.8, 4) is 0 Å². The molecule has 0 radical (unpaired) electrons. The minimum absolute atomic E-state index is 0.0786. The molecule has 2 N–H and O–H groups in total. The summed E-state index contributed by atoms with van der Waals surface area (Å²) in [4.78, 5) is 35.3. The summed E-state index contributed by atoms with van der Waals surface area (Å²) in [5.74, 6) is -0.406. The van der Waals surface area contributed by atoms with Crippen LogP contribution in [-0.4, -0.2) is 27.2 Å². The molecule has 0 aliphatic heterocycles. The highest BCUT2D eigenvalue weighted by atomic mass is 16.2. The fraction of sp³-hybridized carbons (Fsp3) is 0.176.